The summed E-state index contributed by atoms with van der Waals surface area (Å²) in [4.78, 5) is 12.6. The monoisotopic (exact) mass is 401 g/mol. The highest BCUT2D eigenvalue weighted by Crippen LogP contribution is 2.24. The minimum Gasteiger partial charge on any atom is -0.463 e. The molecule has 3 aromatic rings. The van der Waals surface area contributed by atoms with Gasteiger partial charge < -0.3 is 19.8 Å². The van der Waals surface area contributed by atoms with Crippen LogP contribution in [-0.4, -0.2) is 19.1 Å². The van der Waals surface area contributed by atoms with E-state index in [4.69, 9.17) is 4.42 Å². The van der Waals surface area contributed by atoms with Crippen molar-refractivity contribution in [2.45, 2.75) is 25.6 Å². The molecule has 5 nitrogen and oxygen atoms in total. The quantitative estimate of drug-likeness (QED) is 0.577. The number of ether oxygens (including phenoxy) is 1. The van der Waals surface area contributed by atoms with Crippen LogP contribution in [-0.2, 0) is 4.79 Å². The predicted molar refractivity (Wildman–Crippen MR) is 103 cm³/mol. The molecule has 0 radical (unpaired) electrons. The number of hydrogen-bond donors (Lipinski definition) is 2. The van der Waals surface area contributed by atoms with Crippen LogP contribution in [0.15, 0.2) is 77.4 Å². The number of carbonyl (C=O) groups is 1. The lowest BCUT2D eigenvalue weighted by molar-refractivity contribution is -0.684. The zero-order valence-corrected chi connectivity index (χ0v) is 15.9. The normalized spacial score (nSPS) is 13.1. The lowest BCUT2D eigenvalue weighted by Crippen LogP contribution is -2.87. The number of alkyl halides is 2. The van der Waals surface area contributed by atoms with Crippen molar-refractivity contribution in [1.82, 2.24) is 5.32 Å². The zero-order chi connectivity index (χ0) is 20.6. The van der Waals surface area contributed by atoms with Crippen LogP contribution < -0.4 is 15.4 Å². The van der Waals surface area contributed by atoms with Crippen molar-refractivity contribution in [3.8, 4) is 5.75 Å². The number of nitrogens with one attached hydrogen (secondary N) is 1. The number of halogens is 2. The van der Waals surface area contributed by atoms with E-state index in [1.807, 2.05) is 54.7 Å². The molecule has 3 rings (SSSR count). The van der Waals surface area contributed by atoms with Crippen molar-refractivity contribution in [1.29, 1.82) is 0 Å². The molecule has 0 aliphatic rings. The van der Waals surface area contributed by atoms with Crippen LogP contribution in [0.4, 0.5) is 8.78 Å². The van der Waals surface area contributed by atoms with Crippen molar-refractivity contribution in [2.24, 2.45) is 0 Å². The number of quaternary nitrogens is 1. The van der Waals surface area contributed by atoms with Crippen molar-refractivity contribution in [3.05, 3.63) is 89.9 Å². The molecular weight excluding hydrogens is 378 g/mol. The van der Waals surface area contributed by atoms with Crippen LogP contribution in [0, 0.1) is 0 Å². The minimum absolute atomic E-state index is 0.0108. The maximum atomic E-state index is 12.6. The molecule has 0 aliphatic heterocycles. The maximum absolute atomic E-state index is 12.6. The lowest BCUT2D eigenvalue weighted by Gasteiger charge is -2.20. The Kier molecular flexibility index (Phi) is 6.97. The SMILES string of the molecule is C[C@H]([NH2+]CC(=O)N[C@@H](c1ccccc1)c1ccc(OC(F)F)cc1)c1ccco1. The predicted octanol–water partition coefficient (Wildman–Crippen LogP) is 3.41. The van der Waals surface area contributed by atoms with Gasteiger partial charge in [-0.2, -0.15) is 8.78 Å². The molecule has 0 saturated heterocycles. The molecule has 0 spiro atoms. The van der Waals surface area contributed by atoms with Crippen LogP contribution in [0.2, 0.25) is 0 Å². The largest absolute Gasteiger partial charge is 0.463 e. The van der Waals surface area contributed by atoms with Crippen molar-refractivity contribution < 1.29 is 28.0 Å². The minimum atomic E-state index is -2.88. The van der Waals surface area contributed by atoms with E-state index >= 15 is 0 Å². The van der Waals surface area contributed by atoms with Crippen LogP contribution in [0.3, 0.4) is 0 Å². The summed E-state index contributed by atoms with van der Waals surface area (Å²) in [7, 11) is 0. The first-order valence-electron chi connectivity index (χ1n) is 9.28. The van der Waals surface area contributed by atoms with Gasteiger partial charge in [0.25, 0.3) is 5.91 Å². The van der Waals surface area contributed by atoms with Gasteiger partial charge in [0, 0.05) is 0 Å². The van der Waals surface area contributed by atoms with Gasteiger partial charge in [-0.1, -0.05) is 42.5 Å². The molecular formula is C22H23F2N2O3+. The van der Waals surface area contributed by atoms with Crippen LogP contribution in [0.1, 0.15) is 35.9 Å². The van der Waals surface area contributed by atoms with Gasteiger partial charge in [0.2, 0.25) is 0 Å². The van der Waals surface area contributed by atoms with E-state index in [1.165, 1.54) is 12.1 Å². The van der Waals surface area contributed by atoms with E-state index in [2.05, 4.69) is 10.1 Å². The third kappa shape index (κ3) is 5.89. The summed E-state index contributed by atoms with van der Waals surface area (Å²) >= 11 is 0. The molecule has 0 unspecified atom stereocenters. The van der Waals surface area contributed by atoms with Gasteiger partial charge in [-0.05, 0) is 42.3 Å². The Labute approximate surface area is 167 Å². The number of carbonyl (C=O) groups excluding carboxylic acids is 1. The van der Waals surface area contributed by atoms with E-state index in [0.29, 0.717) is 0 Å². The van der Waals surface area contributed by atoms with Gasteiger partial charge in [0.05, 0.1) is 12.3 Å². The highest BCUT2D eigenvalue weighted by molar-refractivity contribution is 5.77. The Morgan fingerprint density at radius 3 is 2.34 bits per heavy atom. The van der Waals surface area contributed by atoms with E-state index in [1.54, 1.807) is 18.4 Å². The van der Waals surface area contributed by atoms with Crippen LogP contribution in [0.5, 0.6) is 5.75 Å². The average molecular weight is 401 g/mol. The van der Waals surface area contributed by atoms with Gasteiger partial charge >= 0.3 is 6.61 Å². The number of nitrogens with two attached hydrogens (primary N) is 1. The van der Waals surface area contributed by atoms with E-state index in [-0.39, 0.29) is 24.2 Å². The average Bonchev–Trinajstić information content (AvgIpc) is 3.26. The van der Waals surface area contributed by atoms with Crippen molar-refractivity contribution >= 4 is 5.91 Å². The number of amides is 1. The Hall–Kier alpha value is -3.19. The summed E-state index contributed by atoms with van der Waals surface area (Å²) in [6.07, 6.45) is 1.60. The van der Waals surface area contributed by atoms with Gasteiger partial charge in [-0.3, -0.25) is 4.79 Å². The Morgan fingerprint density at radius 1 is 1.03 bits per heavy atom. The third-order valence-electron chi connectivity index (χ3n) is 4.53. The third-order valence-corrected chi connectivity index (χ3v) is 4.53. The second-order valence-electron chi connectivity index (χ2n) is 6.60. The first kappa shape index (κ1) is 20.5. The topological polar surface area (TPSA) is 68.1 Å². The number of hydrogen-bond acceptors (Lipinski definition) is 3. The van der Waals surface area contributed by atoms with Gasteiger partial charge in [0.15, 0.2) is 12.3 Å². The standard InChI is InChI=1S/C22H22F2N2O3/c1-15(19-8-5-13-28-19)25-14-20(27)26-21(16-6-3-2-4-7-16)17-9-11-18(12-10-17)29-22(23)24/h2-13,15,21-22,25H,14H2,1H3,(H,26,27)/p+1/t15-,21-/m0/s1. The molecule has 3 N–H and O–H groups in total. The maximum Gasteiger partial charge on any atom is 0.387 e. The Morgan fingerprint density at radius 2 is 1.72 bits per heavy atom. The summed E-state index contributed by atoms with van der Waals surface area (Å²) in [6, 6.07) is 19.0. The molecule has 1 amide bonds. The van der Waals surface area contributed by atoms with Crippen LogP contribution in [0.25, 0.3) is 0 Å². The fourth-order valence-electron chi connectivity index (χ4n) is 3.02. The van der Waals surface area contributed by atoms with Crippen LogP contribution >= 0.6 is 0 Å². The van der Waals surface area contributed by atoms with E-state index < -0.39 is 12.7 Å². The molecule has 0 saturated carbocycles. The Bertz CT molecular complexity index is 884. The summed E-state index contributed by atoms with van der Waals surface area (Å²) in [5.41, 5.74) is 1.66. The second-order valence-corrected chi connectivity index (χ2v) is 6.60. The fourth-order valence-corrected chi connectivity index (χ4v) is 3.02. The van der Waals surface area contributed by atoms with Crippen molar-refractivity contribution in [2.75, 3.05) is 6.54 Å². The number of furan rings is 1. The molecule has 2 aromatic carbocycles. The highest BCUT2D eigenvalue weighted by Gasteiger charge is 2.20. The van der Waals surface area contributed by atoms with Crippen molar-refractivity contribution in [3.63, 3.8) is 0 Å². The summed E-state index contributed by atoms with van der Waals surface area (Å²) in [5, 5.41) is 4.91. The molecule has 0 bridgehead atoms. The second kappa shape index (κ2) is 9.84. The first-order valence-corrected chi connectivity index (χ1v) is 9.28. The summed E-state index contributed by atoms with van der Waals surface area (Å²) in [5.74, 6) is 0.722. The smallest absolute Gasteiger partial charge is 0.387 e. The van der Waals surface area contributed by atoms with E-state index in [9.17, 15) is 13.6 Å². The molecule has 0 aliphatic carbocycles. The molecule has 29 heavy (non-hydrogen) atoms. The Balaban J connectivity index is 1.70. The molecule has 7 heteroatoms. The van der Waals surface area contributed by atoms with Gasteiger partial charge in [0.1, 0.15) is 11.8 Å². The summed E-state index contributed by atoms with van der Waals surface area (Å²) < 4.78 is 34.5. The van der Waals surface area contributed by atoms with Gasteiger partial charge in [-0.15, -0.1) is 0 Å². The molecule has 0 fully saturated rings. The molecule has 1 aromatic heterocycles. The highest BCUT2D eigenvalue weighted by atomic mass is 19.3. The number of benzene rings is 2. The first-order chi connectivity index (χ1) is 14.0. The molecule has 152 valence electrons. The summed E-state index contributed by atoms with van der Waals surface area (Å²) in [6.45, 7) is -0.697. The van der Waals surface area contributed by atoms with E-state index in [0.717, 1.165) is 16.9 Å². The molecule has 1 heterocycles. The zero-order valence-electron chi connectivity index (χ0n) is 15.9. The lowest BCUT2D eigenvalue weighted by atomic mass is 9.98. The molecule has 2 atom stereocenters. The van der Waals surface area contributed by atoms with Gasteiger partial charge in [-0.25, -0.2) is 0 Å². The number of rotatable bonds is 9. The fraction of sp³-hybridized carbons (Fsp3) is 0.227.